The molecule has 0 aromatic rings. The molecule has 0 aromatic carbocycles. The van der Waals surface area contributed by atoms with Crippen LogP contribution in [-0.4, -0.2) is 26.8 Å². The summed E-state index contributed by atoms with van der Waals surface area (Å²) in [5, 5.41) is 0. The first-order chi connectivity index (χ1) is 5.62. The van der Waals surface area contributed by atoms with Gasteiger partial charge in [0.25, 0.3) is 0 Å². The molecule has 0 aliphatic heterocycles. The molecule has 0 radical (unpaired) electrons. The number of nitrogens with two attached hydrogens (primary N) is 1. The summed E-state index contributed by atoms with van der Waals surface area (Å²) in [6.45, 7) is 7.73. The molecule has 0 saturated heterocycles. The van der Waals surface area contributed by atoms with Crippen molar-refractivity contribution in [2.24, 2.45) is 11.1 Å². The highest BCUT2D eigenvalue weighted by atomic mass is 32.2. The van der Waals surface area contributed by atoms with E-state index in [9.17, 15) is 8.42 Å². The maximum atomic E-state index is 11.4. The molecule has 3 N–H and O–H groups in total. The fraction of sp³-hybridized carbons (Fsp3) is 1.00. The number of sulfonamides is 1. The highest BCUT2D eigenvalue weighted by Crippen LogP contribution is 2.14. The Morgan fingerprint density at radius 3 is 2.15 bits per heavy atom. The molecular formula is C8H20N2O2S. The van der Waals surface area contributed by atoms with Crippen molar-refractivity contribution in [1.82, 2.24) is 4.72 Å². The Morgan fingerprint density at radius 1 is 1.38 bits per heavy atom. The maximum absolute atomic E-state index is 11.4. The van der Waals surface area contributed by atoms with Gasteiger partial charge in [-0.15, -0.1) is 0 Å². The molecule has 0 aliphatic carbocycles. The number of nitrogens with one attached hydrogen (secondary N) is 1. The van der Waals surface area contributed by atoms with Crippen molar-refractivity contribution in [2.75, 3.05) is 12.3 Å². The fourth-order valence-electron chi connectivity index (χ4n) is 0.880. The second-order valence-electron chi connectivity index (χ2n) is 4.65. The van der Waals surface area contributed by atoms with E-state index < -0.39 is 10.0 Å². The summed E-state index contributed by atoms with van der Waals surface area (Å²) < 4.78 is 25.2. The van der Waals surface area contributed by atoms with Crippen molar-refractivity contribution in [3.63, 3.8) is 0 Å². The van der Waals surface area contributed by atoms with Crippen molar-refractivity contribution in [1.29, 1.82) is 0 Å². The smallest absolute Gasteiger partial charge is 0.212 e. The Hall–Kier alpha value is -0.130. The van der Waals surface area contributed by atoms with Gasteiger partial charge in [0.2, 0.25) is 10.0 Å². The lowest BCUT2D eigenvalue weighted by atomic mass is 10.0. The van der Waals surface area contributed by atoms with Crippen LogP contribution in [0.1, 0.15) is 27.7 Å². The van der Waals surface area contributed by atoms with Gasteiger partial charge in [-0.05, 0) is 12.3 Å². The lowest BCUT2D eigenvalue weighted by Crippen LogP contribution is -2.38. The quantitative estimate of drug-likeness (QED) is 0.698. The van der Waals surface area contributed by atoms with E-state index in [1.165, 1.54) is 0 Å². The van der Waals surface area contributed by atoms with E-state index >= 15 is 0 Å². The zero-order valence-corrected chi connectivity index (χ0v) is 9.61. The zero-order valence-electron chi connectivity index (χ0n) is 8.79. The van der Waals surface area contributed by atoms with Gasteiger partial charge in [0.05, 0.1) is 5.75 Å². The van der Waals surface area contributed by atoms with E-state index in [0.717, 1.165) is 0 Å². The van der Waals surface area contributed by atoms with Gasteiger partial charge in [0, 0.05) is 12.6 Å². The van der Waals surface area contributed by atoms with Gasteiger partial charge in [-0.25, -0.2) is 13.1 Å². The van der Waals surface area contributed by atoms with Gasteiger partial charge in [-0.3, -0.25) is 0 Å². The van der Waals surface area contributed by atoms with Crippen LogP contribution in [0.4, 0.5) is 0 Å². The van der Waals surface area contributed by atoms with Crippen molar-refractivity contribution >= 4 is 10.0 Å². The lowest BCUT2D eigenvalue weighted by molar-refractivity contribution is 0.457. The van der Waals surface area contributed by atoms with Crippen LogP contribution in [0.5, 0.6) is 0 Å². The molecule has 13 heavy (non-hydrogen) atoms. The van der Waals surface area contributed by atoms with Gasteiger partial charge in [0.1, 0.15) is 0 Å². The summed E-state index contributed by atoms with van der Waals surface area (Å²) in [5.41, 5.74) is 5.22. The minimum Gasteiger partial charge on any atom is -0.327 e. The van der Waals surface area contributed by atoms with Gasteiger partial charge >= 0.3 is 0 Å². The molecule has 0 rings (SSSR count). The highest BCUT2D eigenvalue weighted by molar-refractivity contribution is 7.89. The molecule has 5 heteroatoms. The van der Waals surface area contributed by atoms with Crippen molar-refractivity contribution < 1.29 is 8.42 Å². The molecular weight excluding hydrogens is 188 g/mol. The van der Waals surface area contributed by atoms with Gasteiger partial charge in [-0.2, -0.15) is 0 Å². The minimum atomic E-state index is -3.16. The van der Waals surface area contributed by atoms with Gasteiger partial charge in [0.15, 0.2) is 0 Å². The molecule has 0 aliphatic rings. The molecule has 0 fully saturated rings. The molecule has 1 atom stereocenters. The first-order valence-electron chi connectivity index (χ1n) is 4.35. The summed E-state index contributed by atoms with van der Waals surface area (Å²) in [6, 6.07) is -0.144. The molecule has 4 nitrogen and oxygen atoms in total. The third-order valence-electron chi connectivity index (χ3n) is 1.25. The van der Waals surface area contributed by atoms with Gasteiger partial charge in [-0.1, -0.05) is 20.8 Å². The largest absolute Gasteiger partial charge is 0.327 e. The number of rotatable bonds is 4. The second kappa shape index (κ2) is 4.39. The monoisotopic (exact) mass is 208 g/mol. The SMILES string of the molecule is CC(N)CNS(=O)(=O)CC(C)(C)C. The van der Waals surface area contributed by atoms with Gasteiger partial charge < -0.3 is 5.73 Å². The second-order valence-corrected chi connectivity index (χ2v) is 6.45. The standard InChI is InChI=1S/C8H20N2O2S/c1-7(9)5-10-13(11,12)6-8(2,3)4/h7,10H,5-6,9H2,1-4H3. The van der Waals surface area contributed by atoms with E-state index in [1.807, 2.05) is 20.8 Å². The van der Waals surface area contributed by atoms with E-state index in [2.05, 4.69) is 4.72 Å². The predicted molar refractivity (Wildman–Crippen MR) is 54.9 cm³/mol. The summed E-state index contributed by atoms with van der Waals surface area (Å²) in [6.07, 6.45) is 0. The van der Waals surface area contributed by atoms with Crippen LogP contribution in [0.25, 0.3) is 0 Å². The van der Waals surface area contributed by atoms with E-state index in [0.29, 0.717) is 6.54 Å². The molecule has 1 unspecified atom stereocenters. The van der Waals surface area contributed by atoms with Crippen LogP contribution < -0.4 is 10.5 Å². The average molecular weight is 208 g/mol. The summed E-state index contributed by atoms with van der Waals surface area (Å²) in [5.74, 6) is 0.132. The Kier molecular flexibility index (Phi) is 4.35. The average Bonchev–Trinajstić information content (AvgIpc) is 1.78. The Morgan fingerprint density at radius 2 is 1.85 bits per heavy atom. The van der Waals surface area contributed by atoms with E-state index in [1.54, 1.807) is 6.92 Å². The van der Waals surface area contributed by atoms with Crippen LogP contribution in [0, 0.1) is 5.41 Å². The van der Waals surface area contributed by atoms with Crippen LogP contribution in [0.2, 0.25) is 0 Å². The Balaban J connectivity index is 4.11. The molecule has 0 bridgehead atoms. The zero-order chi connectivity index (χ0) is 10.7. The molecule has 0 aromatic heterocycles. The van der Waals surface area contributed by atoms with Crippen molar-refractivity contribution in [3.05, 3.63) is 0 Å². The number of hydrogen-bond donors (Lipinski definition) is 2. The van der Waals surface area contributed by atoms with Crippen molar-refractivity contribution in [3.8, 4) is 0 Å². The third kappa shape index (κ3) is 8.21. The fourth-order valence-corrected chi connectivity index (χ4v) is 2.64. The first-order valence-corrected chi connectivity index (χ1v) is 6.00. The van der Waals surface area contributed by atoms with Crippen LogP contribution in [0.3, 0.4) is 0 Å². The lowest BCUT2D eigenvalue weighted by Gasteiger charge is -2.18. The number of hydrogen-bond acceptors (Lipinski definition) is 3. The van der Waals surface area contributed by atoms with Crippen molar-refractivity contribution in [2.45, 2.75) is 33.7 Å². The molecule has 0 spiro atoms. The maximum Gasteiger partial charge on any atom is 0.212 e. The molecule has 0 amide bonds. The summed E-state index contributed by atoms with van der Waals surface area (Å²) in [4.78, 5) is 0. The predicted octanol–water partition coefficient (Wildman–Crippen LogP) is 0.299. The molecule has 0 saturated carbocycles. The Bertz CT molecular complexity index is 239. The normalized spacial score (nSPS) is 15.8. The third-order valence-corrected chi connectivity index (χ3v) is 3.10. The minimum absolute atomic E-state index is 0.132. The van der Waals surface area contributed by atoms with Crippen LogP contribution >= 0.6 is 0 Å². The first kappa shape index (κ1) is 12.9. The highest BCUT2D eigenvalue weighted by Gasteiger charge is 2.21. The van der Waals surface area contributed by atoms with Crippen LogP contribution in [-0.2, 0) is 10.0 Å². The summed E-state index contributed by atoms with van der Waals surface area (Å²) in [7, 11) is -3.16. The Labute approximate surface area is 80.9 Å². The molecule has 80 valence electrons. The van der Waals surface area contributed by atoms with E-state index in [-0.39, 0.29) is 17.2 Å². The topological polar surface area (TPSA) is 72.2 Å². The molecule has 0 heterocycles. The van der Waals surface area contributed by atoms with Crippen LogP contribution in [0.15, 0.2) is 0 Å². The van der Waals surface area contributed by atoms with E-state index in [4.69, 9.17) is 5.73 Å². The summed E-state index contributed by atoms with van der Waals surface area (Å²) >= 11 is 0.